The SMILES string of the molecule is CCOc1cc(C=C(Cl)C(=O)c2cc(OC)cc(OC)c2OC)ccc1N. The molecule has 144 valence electrons. The number of anilines is 1. The molecular formula is C20H22ClNO5. The molecule has 2 aromatic carbocycles. The minimum atomic E-state index is -0.430. The van der Waals surface area contributed by atoms with E-state index in [4.69, 9.17) is 36.3 Å². The highest BCUT2D eigenvalue weighted by molar-refractivity contribution is 6.47. The molecule has 0 aliphatic rings. The minimum Gasteiger partial charge on any atom is -0.497 e. The normalized spacial score (nSPS) is 11.1. The lowest BCUT2D eigenvalue weighted by molar-refractivity contribution is 0.103. The quantitative estimate of drug-likeness (QED) is 0.413. The van der Waals surface area contributed by atoms with Gasteiger partial charge in [0.1, 0.15) is 11.5 Å². The predicted molar refractivity (Wildman–Crippen MR) is 106 cm³/mol. The van der Waals surface area contributed by atoms with Gasteiger partial charge in [0, 0.05) is 6.07 Å². The number of methoxy groups -OCH3 is 3. The molecule has 0 saturated carbocycles. The van der Waals surface area contributed by atoms with E-state index >= 15 is 0 Å². The minimum absolute atomic E-state index is 0.00386. The fraction of sp³-hybridized carbons (Fsp3) is 0.250. The molecule has 0 saturated heterocycles. The van der Waals surface area contributed by atoms with E-state index in [-0.39, 0.29) is 16.3 Å². The zero-order chi connectivity index (χ0) is 20.0. The van der Waals surface area contributed by atoms with Crippen LogP contribution in [-0.4, -0.2) is 33.7 Å². The van der Waals surface area contributed by atoms with E-state index in [2.05, 4.69) is 0 Å². The molecule has 0 aromatic heterocycles. The number of nitrogens with two attached hydrogens (primary N) is 1. The summed E-state index contributed by atoms with van der Waals surface area (Å²) in [7, 11) is 4.43. The van der Waals surface area contributed by atoms with Gasteiger partial charge in [-0.3, -0.25) is 4.79 Å². The molecule has 0 atom stereocenters. The Kier molecular flexibility index (Phi) is 6.96. The second-order valence-electron chi connectivity index (χ2n) is 5.46. The summed E-state index contributed by atoms with van der Waals surface area (Å²) in [4.78, 5) is 12.9. The summed E-state index contributed by atoms with van der Waals surface area (Å²) in [6.45, 7) is 2.34. The fourth-order valence-corrected chi connectivity index (χ4v) is 2.72. The largest absolute Gasteiger partial charge is 0.497 e. The highest BCUT2D eigenvalue weighted by atomic mass is 35.5. The molecule has 0 aliphatic carbocycles. The third-order valence-corrected chi connectivity index (χ3v) is 4.06. The summed E-state index contributed by atoms with van der Waals surface area (Å²) >= 11 is 6.29. The molecule has 0 spiro atoms. The first-order chi connectivity index (χ1) is 12.9. The smallest absolute Gasteiger partial charge is 0.208 e. The molecule has 6 nitrogen and oxygen atoms in total. The topological polar surface area (TPSA) is 80.0 Å². The molecular weight excluding hydrogens is 370 g/mol. The van der Waals surface area contributed by atoms with Crippen LogP contribution in [-0.2, 0) is 0 Å². The van der Waals surface area contributed by atoms with Gasteiger partial charge in [0.15, 0.2) is 11.5 Å². The van der Waals surface area contributed by atoms with Crippen molar-refractivity contribution in [2.45, 2.75) is 6.92 Å². The Morgan fingerprint density at radius 1 is 1.07 bits per heavy atom. The van der Waals surface area contributed by atoms with Crippen molar-refractivity contribution in [2.24, 2.45) is 0 Å². The van der Waals surface area contributed by atoms with Gasteiger partial charge in [-0.1, -0.05) is 17.7 Å². The van der Waals surface area contributed by atoms with Crippen LogP contribution in [0.2, 0.25) is 0 Å². The number of nitrogen functional groups attached to an aromatic ring is 1. The second-order valence-corrected chi connectivity index (χ2v) is 5.87. The first-order valence-electron chi connectivity index (χ1n) is 8.19. The van der Waals surface area contributed by atoms with E-state index in [1.807, 2.05) is 6.92 Å². The van der Waals surface area contributed by atoms with Gasteiger partial charge < -0.3 is 24.7 Å². The fourth-order valence-electron chi connectivity index (χ4n) is 2.49. The van der Waals surface area contributed by atoms with Crippen molar-refractivity contribution in [1.82, 2.24) is 0 Å². The van der Waals surface area contributed by atoms with Crippen molar-refractivity contribution in [3.05, 3.63) is 46.5 Å². The average Bonchev–Trinajstić information content (AvgIpc) is 2.68. The molecule has 0 aliphatic heterocycles. The molecule has 0 bridgehead atoms. The number of hydrogen-bond donors (Lipinski definition) is 1. The van der Waals surface area contributed by atoms with Crippen LogP contribution in [0.4, 0.5) is 5.69 Å². The highest BCUT2D eigenvalue weighted by Gasteiger charge is 2.21. The zero-order valence-electron chi connectivity index (χ0n) is 15.7. The van der Waals surface area contributed by atoms with Crippen molar-refractivity contribution >= 4 is 29.1 Å². The summed E-state index contributed by atoms with van der Waals surface area (Å²) in [5.41, 5.74) is 7.29. The lowest BCUT2D eigenvalue weighted by Crippen LogP contribution is -2.05. The van der Waals surface area contributed by atoms with Crippen LogP contribution >= 0.6 is 11.6 Å². The summed E-state index contributed by atoms with van der Waals surface area (Å²) in [5, 5.41) is -0.00386. The Bertz CT molecular complexity index is 864. The summed E-state index contributed by atoms with van der Waals surface area (Å²) in [6, 6.07) is 8.34. The number of halogens is 1. The van der Waals surface area contributed by atoms with Crippen LogP contribution in [0.15, 0.2) is 35.4 Å². The number of carbonyl (C=O) groups is 1. The number of ketones is 1. The number of Topliss-reactive ketones (excluding diaryl/α,β-unsaturated/α-hetero) is 1. The number of hydrogen-bond acceptors (Lipinski definition) is 6. The van der Waals surface area contributed by atoms with Gasteiger partial charge in [-0.05, 0) is 36.8 Å². The lowest BCUT2D eigenvalue weighted by Gasteiger charge is -2.14. The molecule has 27 heavy (non-hydrogen) atoms. The Morgan fingerprint density at radius 3 is 2.41 bits per heavy atom. The number of ether oxygens (including phenoxy) is 4. The third-order valence-electron chi connectivity index (χ3n) is 3.78. The zero-order valence-corrected chi connectivity index (χ0v) is 16.4. The Labute approximate surface area is 163 Å². The maximum Gasteiger partial charge on any atom is 0.208 e. The molecule has 7 heteroatoms. The molecule has 0 amide bonds. The number of allylic oxidation sites excluding steroid dienone is 1. The van der Waals surface area contributed by atoms with Crippen LogP contribution in [0.5, 0.6) is 23.0 Å². The van der Waals surface area contributed by atoms with Crippen molar-refractivity contribution in [3.8, 4) is 23.0 Å². The maximum absolute atomic E-state index is 12.9. The van der Waals surface area contributed by atoms with Crippen molar-refractivity contribution < 1.29 is 23.7 Å². The van der Waals surface area contributed by atoms with Crippen LogP contribution in [0.3, 0.4) is 0 Å². The molecule has 0 unspecified atom stereocenters. The molecule has 2 rings (SSSR count). The third kappa shape index (κ3) is 4.65. The van der Waals surface area contributed by atoms with Crippen LogP contribution in [0.25, 0.3) is 6.08 Å². The van der Waals surface area contributed by atoms with Gasteiger partial charge in [0.05, 0.1) is 44.2 Å². The highest BCUT2D eigenvalue weighted by Crippen LogP contribution is 2.37. The van der Waals surface area contributed by atoms with E-state index in [0.29, 0.717) is 35.1 Å². The van der Waals surface area contributed by atoms with Crippen LogP contribution in [0.1, 0.15) is 22.8 Å². The van der Waals surface area contributed by atoms with Gasteiger partial charge in [-0.25, -0.2) is 0 Å². The average molecular weight is 392 g/mol. The molecule has 2 aromatic rings. The van der Waals surface area contributed by atoms with E-state index < -0.39 is 5.78 Å². The van der Waals surface area contributed by atoms with E-state index in [9.17, 15) is 4.79 Å². The van der Waals surface area contributed by atoms with Gasteiger partial charge in [-0.2, -0.15) is 0 Å². The summed E-state index contributed by atoms with van der Waals surface area (Å²) < 4.78 is 21.3. The number of rotatable bonds is 8. The predicted octanol–water partition coefficient (Wildman–Crippen LogP) is 4.16. The van der Waals surface area contributed by atoms with E-state index in [1.54, 1.807) is 30.3 Å². The first kappa shape index (κ1) is 20.5. The van der Waals surface area contributed by atoms with Gasteiger partial charge in [-0.15, -0.1) is 0 Å². The lowest BCUT2D eigenvalue weighted by atomic mass is 10.1. The van der Waals surface area contributed by atoms with Gasteiger partial charge in [0.2, 0.25) is 5.78 Å². The van der Waals surface area contributed by atoms with Crippen molar-refractivity contribution in [1.29, 1.82) is 0 Å². The number of benzene rings is 2. The molecule has 2 N–H and O–H groups in total. The molecule has 0 heterocycles. The monoisotopic (exact) mass is 391 g/mol. The van der Waals surface area contributed by atoms with Crippen LogP contribution in [0, 0.1) is 0 Å². The van der Waals surface area contributed by atoms with Gasteiger partial charge >= 0.3 is 0 Å². The van der Waals surface area contributed by atoms with E-state index in [0.717, 1.165) is 0 Å². The van der Waals surface area contributed by atoms with Crippen LogP contribution < -0.4 is 24.7 Å². The molecule has 0 radical (unpaired) electrons. The summed E-state index contributed by atoms with van der Waals surface area (Å²) in [6.07, 6.45) is 1.54. The maximum atomic E-state index is 12.9. The molecule has 0 fully saturated rings. The first-order valence-corrected chi connectivity index (χ1v) is 8.57. The second kappa shape index (κ2) is 9.19. The van der Waals surface area contributed by atoms with Crippen molar-refractivity contribution in [3.63, 3.8) is 0 Å². The Hall–Kier alpha value is -2.86. The van der Waals surface area contributed by atoms with Gasteiger partial charge in [0.25, 0.3) is 0 Å². The van der Waals surface area contributed by atoms with E-state index in [1.165, 1.54) is 27.4 Å². The number of carbonyl (C=O) groups excluding carboxylic acids is 1. The summed E-state index contributed by atoms with van der Waals surface area (Å²) in [5.74, 6) is 1.20. The standard InChI is InChI=1S/C20H22ClNO5/c1-5-27-17-9-12(6-7-16(17)22)8-15(21)19(23)14-10-13(24-2)11-18(25-3)20(14)26-4/h6-11H,5,22H2,1-4H3. The van der Waals surface area contributed by atoms with Crippen molar-refractivity contribution in [2.75, 3.05) is 33.7 Å². The Morgan fingerprint density at radius 2 is 1.81 bits per heavy atom. The Balaban J connectivity index is 2.45.